The number of anilines is 2. The summed E-state index contributed by atoms with van der Waals surface area (Å²) in [5, 5.41) is 2.71. The number of hydrogen-bond acceptors (Lipinski definition) is 3. The van der Waals surface area contributed by atoms with Crippen LogP contribution in [-0.4, -0.2) is 9.97 Å². The summed E-state index contributed by atoms with van der Waals surface area (Å²) in [5.74, 6) is -0.838. The van der Waals surface area contributed by atoms with Gasteiger partial charge < -0.3 is 5.32 Å². The fourth-order valence-corrected chi connectivity index (χ4v) is 1.35. The van der Waals surface area contributed by atoms with Crippen LogP contribution < -0.4 is 5.32 Å². The lowest BCUT2D eigenvalue weighted by molar-refractivity contribution is 0.606. The van der Waals surface area contributed by atoms with E-state index in [1.807, 2.05) is 0 Å². The van der Waals surface area contributed by atoms with Crippen molar-refractivity contribution in [2.75, 3.05) is 5.32 Å². The SMILES string of the molecule is Cc1ccc(Nc2ncnc(C)c2F)cc1F. The second-order valence-corrected chi connectivity index (χ2v) is 3.71. The van der Waals surface area contributed by atoms with Crippen molar-refractivity contribution in [3.8, 4) is 0 Å². The third-order valence-electron chi connectivity index (χ3n) is 2.40. The second kappa shape index (κ2) is 4.45. The lowest BCUT2D eigenvalue weighted by atomic mass is 10.2. The summed E-state index contributed by atoms with van der Waals surface area (Å²) in [6.45, 7) is 3.20. The predicted molar refractivity (Wildman–Crippen MR) is 61.1 cm³/mol. The molecule has 2 rings (SSSR count). The van der Waals surface area contributed by atoms with Gasteiger partial charge >= 0.3 is 0 Å². The van der Waals surface area contributed by atoms with Gasteiger partial charge in [0.1, 0.15) is 12.1 Å². The number of rotatable bonds is 2. The molecule has 0 saturated carbocycles. The average Bonchev–Trinajstić information content (AvgIpc) is 2.30. The summed E-state index contributed by atoms with van der Waals surface area (Å²) in [6, 6.07) is 4.57. The Morgan fingerprint density at radius 1 is 1.12 bits per heavy atom. The molecule has 0 aliphatic heterocycles. The average molecular weight is 235 g/mol. The third-order valence-corrected chi connectivity index (χ3v) is 2.40. The van der Waals surface area contributed by atoms with Crippen molar-refractivity contribution in [1.29, 1.82) is 0 Å². The van der Waals surface area contributed by atoms with E-state index in [1.165, 1.54) is 19.3 Å². The van der Waals surface area contributed by atoms with E-state index in [0.717, 1.165) is 0 Å². The Morgan fingerprint density at radius 2 is 1.88 bits per heavy atom. The normalized spacial score (nSPS) is 10.4. The monoisotopic (exact) mass is 235 g/mol. The first-order valence-electron chi connectivity index (χ1n) is 5.08. The zero-order valence-corrected chi connectivity index (χ0v) is 9.46. The van der Waals surface area contributed by atoms with Gasteiger partial charge in [-0.1, -0.05) is 6.07 Å². The smallest absolute Gasteiger partial charge is 0.186 e. The van der Waals surface area contributed by atoms with E-state index in [9.17, 15) is 8.78 Å². The van der Waals surface area contributed by atoms with Gasteiger partial charge in [-0.25, -0.2) is 18.7 Å². The molecular formula is C12H11F2N3. The number of nitrogens with zero attached hydrogens (tertiary/aromatic N) is 2. The first-order chi connectivity index (χ1) is 8.08. The largest absolute Gasteiger partial charge is 0.338 e. The Kier molecular flexibility index (Phi) is 2.99. The molecule has 3 nitrogen and oxygen atoms in total. The molecule has 0 radical (unpaired) electrons. The number of aromatic nitrogens is 2. The minimum atomic E-state index is -0.534. The summed E-state index contributed by atoms with van der Waals surface area (Å²) in [6.07, 6.45) is 1.26. The molecule has 0 amide bonds. The summed E-state index contributed by atoms with van der Waals surface area (Å²) in [7, 11) is 0. The molecule has 5 heteroatoms. The van der Waals surface area contributed by atoms with E-state index >= 15 is 0 Å². The molecule has 0 atom stereocenters. The van der Waals surface area contributed by atoms with E-state index in [4.69, 9.17) is 0 Å². The molecule has 0 aliphatic rings. The van der Waals surface area contributed by atoms with Gasteiger partial charge in [0.25, 0.3) is 0 Å². The van der Waals surface area contributed by atoms with Gasteiger partial charge in [0, 0.05) is 5.69 Å². The molecule has 0 unspecified atom stereocenters. The van der Waals surface area contributed by atoms with Crippen molar-refractivity contribution in [2.45, 2.75) is 13.8 Å². The van der Waals surface area contributed by atoms with Crippen LogP contribution in [0.25, 0.3) is 0 Å². The van der Waals surface area contributed by atoms with Crippen LogP contribution in [0.3, 0.4) is 0 Å². The molecule has 88 valence electrons. The lowest BCUT2D eigenvalue weighted by Gasteiger charge is -2.08. The molecule has 0 bridgehead atoms. The highest BCUT2D eigenvalue weighted by Crippen LogP contribution is 2.20. The minimum absolute atomic E-state index is 0.0424. The number of halogens is 2. The van der Waals surface area contributed by atoms with Crippen LogP contribution in [0.1, 0.15) is 11.3 Å². The van der Waals surface area contributed by atoms with Gasteiger partial charge in [0.05, 0.1) is 5.69 Å². The molecule has 1 aromatic carbocycles. The Balaban J connectivity index is 2.31. The number of aryl methyl sites for hydroxylation is 2. The maximum absolute atomic E-state index is 13.6. The Bertz CT molecular complexity index is 555. The topological polar surface area (TPSA) is 37.8 Å². The second-order valence-electron chi connectivity index (χ2n) is 3.71. The Hall–Kier alpha value is -2.04. The maximum atomic E-state index is 13.6. The van der Waals surface area contributed by atoms with E-state index in [2.05, 4.69) is 15.3 Å². The third kappa shape index (κ3) is 2.38. The van der Waals surface area contributed by atoms with Gasteiger partial charge in [-0.3, -0.25) is 0 Å². The molecule has 1 heterocycles. The van der Waals surface area contributed by atoms with E-state index in [-0.39, 0.29) is 17.3 Å². The highest BCUT2D eigenvalue weighted by molar-refractivity contribution is 5.57. The van der Waals surface area contributed by atoms with Crippen LogP contribution in [0.5, 0.6) is 0 Å². The summed E-state index contributed by atoms with van der Waals surface area (Å²) in [4.78, 5) is 7.48. The van der Waals surface area contributed by atoms with Crippen LogP contribution in [0, 0.1) is 25.5 Å². The zero-order chi connectivity index (χ0) is 12.4. The molecule has 0 saturated heterocycles. The molecular weight excluding hydrogens is 224 g/mol. The van der Waals surface area contributed by atoms with E-state index in [0.29, 0.717) is 11.3 Å². The first kappa shape index (κ1) is 11.4. The van der Waals surface area contributed by atoms with Crippen molar-refractivity contribution in [3.63, 3.8) is 0 Å². The molecule has 0 fully saturated rings. The van der Waals surface area contributed by atoms with Crippen LogP contribution in [-0.2, 0) is 0 Å². The Morgan fingerprint density at radius 3 is 2.59 bits per heavy atom. The van der Waals surface area contributed by atoms with Gasteiger partial charge in [-0.2, -0.15) is 0 Å². The van der Waals surface area contributed by atoms with Gasteiger partial charge in [0.2, 0.25) is 0 Å². The van der Waals surface area contributed by atoms with Crippen molar-refractivity contribution in [2.24, 2.45) is 0 Å². The Labute approximate surface area is 97.5 Å². The summed E-state index contributed by atoms with van der Waals surface area (Å²) in [5.41, 5.74) is 1.23. The summed E-state index contributed by atoms with van der Waals surface area (Å²) >= 11 is 0. The molecule has 17 heavy (non-hydrogen) atoms. The van der Waals surface area contributed by atoms with Crippen LogP contribution in [0.15, 0.2) is 24.5 Å². The number of hydrogen-bond donors (Lipinski definition) is 1. The van der Waals surface area contributed by atoms with Crippen molar-refractivity contribution >= 4 is 11.5 Å². The molecule has 1 aromatic heterocycles. The lowest BCUT2D eigenvalue weighted by Crippen LogP contribution is -2.01. The van der Waals surface area contributed by atoms with Crippen LogP contribution in [0.4, 0.5) is 20.3 Å². The van der Waals surface area contributed by atoms with Crippen LogP contribution >= 0.6 is 0 Å². The minimum Gasteiger partial charge on any atom is -0.338 e. The molecule has 2 aromatic rings. The first-order valence-corrected chi connectivity index (χ1v) is 5.08. The number of nitrogens with one attached hydrogen (secondary N) is 1. The van der Waals surface area contributed by atoms with Gasteiger partial charge in [0.15, 0.2) is 11.6 Å². The fourth-order valence-electron chi connectivity index (χ4n) is 1.35. The highest BCUT2D eigenvalue weighted by atomic mass is 19.1. The van der Waals surface area contributed by atoms with Gasteiger partial charge in [-0.05, 0) is 31.5 Å². The maximum Gasteiger partial charge on any atom is 0.186 e. The highest BCUT2D eigenvalue weighted by Gasteiger charge is 2.08. The van der Waals surface area contributed by atoms with Crippen molar-refractivity contribution in [1.82, 2.24) is 9.97 Å². The van der Waals surface area contributed by atoms with E-state index < -0.39 is 5.82 Å². The molecule has 0 aliphatic carbocycles. The molecule has 1 N–H and O–H groups in total. The van der Waals surface area contributed by atoms with E-state index in [1.54, 1.807) is 19.1 Å². The van der Waals surface area contributed by atoms with Crippen LogP contribution in [0.2, 0.25) is 0 Å². The molecule has 0 spiro atoms. The van der Waals surface area contributed by atoms with Gasteiger partial charge in [-0.15, -0.1) is 0 Å². The zero-order valence-electron chi connectivity index (χ0n) is 9.46. The predicted octanol–water partition coefficient (Wildman–Crippen LogP) is 3.12. The van der Waals surface area contributed by atoms with Crippen molar-refractivity contribution in [3.05, 3.63) is 47.4 Å². The standard InChI is InChI=1S/C12H11F2N3/c1-7-3-4-9(5-10(7)13)17-12-11(14)8(2)15-6-16-12/h3-6H,1-2H3,(H,15,16,17). The number of benzene rings is 1. The quantitative estimate of drug-likeness (QED) is 0.869. The van der Waals surface area contributed by atoms with Crippen molar-refractivity contribution < 1.29 is 8.78 Å². The summed E-state index contributed by atoms with van der Waals surface area (Å²) < 4.78 is 26.9. The fraction of sp³-hybridized carbons (Fsp3) is 0.167.